The molecule has 0 radical (unpaired) electrons. The van der Waals surface area contributed by atoms with Crippen molar-refractivity contribution in [3.05, 3.63) is 95.8 Å². The summed E-state index contributed by atoms with van der Waals surface area (Å²) in [6, 6.07) is 21.8. The number of hydrogen-bond donors (Lipinski definition) is 4. The van der Waals surface area contributed by atoms with Crippen LogP contribution in [0.2, 0.25) is 0 Å². The summed E-state index contributed by atoms with van der Waals surface area (Å²) in [4.78, 5) is 39.9. The van der Waals surface area contributed by atoms with Gasteiger partial charge in [0.05, 0.1) is 12.0 Å². The van der Waals surface area contributed by atoms with Crippen LogP contribution in [0.1, 0.15) is 64.6 Å². The average Bonchev–Trinajstić information content (AvgIpc) is 3.02. The second-order valence-electron chi connectivity index (χ2n) is 12.0. The molecule has 242 valence electrons. The molecule has 0 bridgehead atoms. The number of aryl methyl sites for hydroxylation is 1. The minimum Gasteiger partial charge on any atom is -0.454 e. The topological polar surface area (TPSA) is 126 Å². The number of benzene rings is 3. The lowest BCUT2D eigenvalue weighted by Crippen LogP contribution is -2.57. The molecule has 10 heteroatoms. The molecule has 4 N–H and O–H groups in total. The number of hydroxylamine groups is 1. The summed E-state index contributed by atoms with van der Waals surface area (Å²) >= 11 is 0. The van der Waals surface area contributed by atoms with Crippen molar-refractivity contribution in [1.29, 1.82) is 0 Å². The monoisotopic (exact) mass is 621 g/mol. The molecule has 0 aromatic heterocycles. The predicted octanol–water partition coefficient (Wildman–Crippen LogP) is 5.88. The summed E-state index contributed by atoms with van der Waals surface area (Å²) in [6.07, 6.45) is -0.378. The highest BCUT2D eigenvalue weighted by Gasteiger charge is 2.39. The normalized spacial score (nSPS) is 14.0. The zero-order chi connectivity index (χ0) is 33.0. The predicted molar refractivity (Wildman–Crippen MR) is 169 cm³/mol. The number of ether oxygens (including phenoxy) is 2. The highest BCUT2D eigenvalue weighted by atomic mass is 19.1. The third kappa shape index (κ3) is 10.4. The highest BCUT2D eigenvalue weighted by molar-refractivity contribution is 5.92. The summed E-state index contributed by atoms with van der Waals surface area (Å²) in [5.74, 6) is -2.80. The van der Waals surface area contributed by atoms with Crippen molar-refractivity contribution in [3.63, 3.8) is 0 Å². The molecular weight excluding hydrogens is 577 g/mol. The maximum absolute atomic E-state index is 14.8. The largest absolute Gasteiger partial charge is 0.454 e. The van der Waals surface area contributed by atoms with E-state index in [2.05, 4.69) is 10.6 Å². The molecule has 0 saturated carbocycles. The Labute approximate surface area is 264 Å². The first-order valence-corrected chi connectivity index (χ1v) is 15.2. The lowest BCUT2D eigenvalue weighted by Gasteiger charge is -2.34. The molecule has 3 aromatic carbocycles. The van der Waals surface area contributed by atoms with E-state index in [4.69, 9.17) is 9.47 Å². The Balaban J connectivity index is 1.75. The van der Waals surface area contributed by atoms with E-state index in [0.717, 1.165) is 5.56 Å². The second-order valence-corrected chi connectivity index (χ2v) is 12.0. The Morgan fingerprint density at radius 1 is 0.889 bits per heavy atom. The van der Waals surface area contributed by atoms with Gasteiger partial charge in [-0.05, 0) is 73.9 Å². The van der Waals surface area contributed by atoms with E-state index in [-0.39, 0.29) is 30.7 Å². The van der Waals surface area contributed by atoms with Crippen LogP contribution in [0.5, 0.6) is 11.5 Å². The van der Waals surface area contributed by atoms with Crippen LogP contribution in [0.4, 0.5) is 4.39 Å². The Hall–Kier alpha value is -4.28. The molecule has 45 heavy (non-hydrogen) atoms. The lowest BCUT2D eigenvalue weighted by molar-refractivity contribution is -0.151. The molecule has 0 aliphatic carbocycles. The molecule has 3 amide bonds. The fraction of sp³-hybridized carbons (Fsp3) is 0.400. The summed E-state index contributed by atoms with van der Waals surface area (Å²) in [6.45, 7) is 9.13. The fourth-order valence-electron chi connectivity index (χ4n) is 5.01. The van der Waals surface area contributed by atoms with E-state index in [9.17, 15) is 24.0 Å². The van der Waals surface area contributed by atoms with Gasteiger partial charge in [-0.2, -0.15) is 0 Å². The molecule has 0 heterocycles. The van der Waals surface area contributed by atoms with Crippen molar-refractivity contribution in [1.82, 2.24) is 16.1 Å². The molecule has 0 spiro atoms. The molecular formula is C35H44FN3O6. The maximum Gasteiger partial charge on any atom is 0.273 e. The standard InChI is InChI=1S/C35H44FN3O6/c1-6-44-30(33(41)39-43)27(19-13-14-24-20-21-29(28(36)22-24)45-26-17-11-8-12-18-26)32(40)38-31(35(3,4)5)34(42)37-23(2)25-15-9-7-10-16-25/h7-12,15-18,20-23,27,30-31,43H,6,13-14,19H2,1-5H3,(H,37,42)(H,38,40)(H,39,41)/t23?,27-,30?,31-/m1/s1. The van der Waals surface area contributed by atoms with Crippen LogP contribution in [-0.4, -0.2) is 41.7 Å². The van der Waals surface area contributed by atoms with Crippen molar-refractivity contribution < 1.29 is 33.5 Å². The van der Waals surface area contributed by atoms with E-state index in [1.807, 2.05) is 64.1 Å². The Morgan fingerprint density at radius 3 is 2.11 bits per heavy atom. The Kier molecular flexibility index (Phi) is 13.1. The van der Waals surface area contributed by atoms with Gasteiger partial charge in [0.25, 0.3) is 5.91 Å². The van der Waals surface area contributed by atoms with Crippen LogP contribution >= 0.6 is 0 Å². The van der Waals surface area contributed by atoms with Gasteiger partial charge < -0.3 is 20.1 Å². The van der Waals surface area contributed by atoms with E-state index in [1.165, 1.54) is 6.07 Å². The quantitative estimate of drug-likeness (QED) is 0.124. The number of halogens is 1. The third-order valence-corrected chi connectivity index (χ3v) is 7.44. The van der Waals surface area contributed by atoms with Gasteiger partial charge >= 0.3 is 0 Å². The van der Waals surface area contributed by atoms with Crippen LogP contribution in [0.15, 0.2) is 78.9 Å². The van der Waals surface area contributed by atoms with Gasteiger partial charge in [0.1, 0.15) is 17.9 Å². The molecule has 4 atom stereocenters. The van der Waals surface area contributed by atoms with Gasteiger partial charge in [-0.1, -0.05) is 75.4 Å². The molecule has 0 saturated heterocycles. The van der Waals surface area contributed by atoms with E-state index in [0.29, 0.717) is 24.2 Å². The molecule has 0 fully saturated rings. The van der Waals surface area contributed by atoms with Crippen LogP contribution in [0.3, 0.4) is 0 Å². The summed E-state index contributed by atoms with van der Waals surface area (Å²) < 4.78 is 26.1. The van der Waals surface area contributed by atoms with Gasteiger partial charge in [-0.15, -0.1) is 0 Å². The van der Waals surface area contributed by atoms with Crippen molar-refractivity contribution in [3.8, 4) is 11.5 Å². The summed E-state index contributed by atoms with van der Waals surface area (Å²) in [7, 11) is 0. The van der Waals surface area contributed by atoms with Gasteiger partial charge in [0, 0.05) is 6.61 Å². The Morgan fingerprint density at radius 2 is 1.53 bits per heavy atom. The Bertz CT molecular complexity index is 1400. The molecule has 0 aliphatic rings. The lowest BCUT2D eigenvalue weighted by atomic mass is 9.84. The van der Waals surface area contributed by atoms with Crippen molar-refractivity contribution in [2.75, 3.05) is 6.61 Å². The molecule has 0 aliphatic heterocycles. The van der Waals surface area contributed by atoms with Crippen molar-refractivity contribution in [2.24, 2.45) is 11.3 Å². The first kappa shape index (κ1) is 35.2. The summed E-state index contributed by atoms with van der Waals surface area (Å²) in [5, 5.41) is 15.2. The summed E-state index contributed by atoms with van der Waals surface area (Å²) in [5.41, 5.74) is 2.50. The zero-order valence-electron chi connectivity index (χ0n) is 26.5. The number of amides is 3. The first-order valence-electron chi connectivity index (χ1n) is 15.2. The second kappa shape index (κ2) is 16.7. The van der Waals surface area contributed by atoms with E-state index in [1.54, 1.807) is 48.8 Å². The number of hydrogen-bond acceptors (Lipinski definition) is 6. The van der Waals surface area contributed by atoms with Crippen LogP contribution in [0.25, 0.3) is 0 Å². The van der Waals surface area contributed by atoms with Crippen molar-refractivity contribution in [2.45, 2.75) is 72.1 Å². The third-order valence-electron chi connectivity index (χ3n) is 7.44. The average molecular weight is 622 g/mol. The number of rotatable bonds is 15. The van der Waals surface area contributed by atoms with Crippen LogP contribution < -0.4 is 20.9 Å². The molecule has 9 nitrogen and oxygen atoms in total. The number of carbonyl (C=O) groups excluding carboxylic acids is 3. The van der Waals surface area contributed by atoms with Gasteiger partial charge in [0.15, 0.2) is 11.6 Å². The SMILES string of the molecule is CCOC(C(=O)NO)[C@@H](CCCc1ccc(Oc2ccccc2)c(F)c1)C(=O)N[C@H](C(=O)NC(C)c1ccccc1)C(C)(C)C. The minimum absolute atomic E-state index is 0.0892. The molecule has 3 rings (SSSR count). The molecule has 3 aromatic rings. The van der Waals surface area contributed by atoms with E-state index >= 15 is 0 Å². The van der Waals surface area contributed by atoms with Crippen LogP contribution in [-0.2, 0) is 25.5 Å². The first-order chi connectivity index (χ1) is 21.4. The molecule has 2 unspecified atom stereocenters. The number of para-hydroxylation sites is 1. The van der Waals surface area contributed by atoms with Gasteiger partial charge in [-0.3, -0.25) is 19.6 Å². The number of carbonyl (C=O) groups is 3. The van der Waals surface area contributed by atoms with Crippen molar-refractivity contribution >= 4 is 17.7 Å². The number of nitrogens with one attached hydrogen (secondary N) is 3. The van der Waals surface area contributed by atoms with E-state index < -0.39 is 41.1 Å². The minimum atomic E-state index is -1.31. The zero-order valence-corrected chi connectivity index (χ0v) is 26.5. The maximum atomic E-state index is 14.8. The van der Waals surface area contributed by atoms with Crippen LogP contribution in [0, 0.1) is 17.2 Å². The smallest absolute Gasteiger partial charge is 0.273 e. The highest BCUT2D eigenvalue weighted by Crippen LogP contribution is 2.27. The van der Waals surface area contributed by atoms with Gasteiger partial charge in [0.2, 0.25) is 11.8 Å². The van der Waals surface area contributed by atoms with Gasteiger partial charge in [-0.25, -0.2) is 9.87 Å². The fourth-order valence-corrected chi connectivity index (χ4v) is 5.01.